The van der Waals surface area contributed by atoms with Crippen LogP contribution in [0.4, 0.5) is 4.39 Å². The molecule has 0 spiro atoms. The molecule has 4 heteroatoms. The highest BCUT2D eigenvalue weighted by Crippen LogP contribution is 2.28. The molecule has 0 amide bonds. The van der Waals surface area contributed by atoms with Crippen LogP contribution in [-0.2, 0) is 13.0 Å². The lowest BCUT2D eigenvalue weighted by Crippen LogP contribution is -2.05. The Morgan fingerprint density at radius 1 is 1.12 bits per heavy atom. The highest BCUT2D eigenvalue weighted by atomic mass is 19.1. The van der Waals surface area contributed by atoms with E-state index in [1.165, 1.54) is 16.8 Å². The van der Waals surface area contributed by atoms with E-state index in [2.05, 4.69) is 47.7 Å². The summed E-state index contributed by atoms with van der Waals surface area (Å²) in [6, 6.07) is 13.6. The maximum atomic E-state index is 13.8. The number of aromatic nitrogens is 3. The Labute approximate surface area is 152 Å². The molecule has 0 saturated carbocycles. The van der Waals surface area contributed by atoms with E-state index >= 15 is 0 Å². The van der Waals surface area contributed by atoms with Crippen molar-refractivity contribution in [2.24, 2.45) is 0 Å². The van der Waals surface area contributed by atoms with Gasteiger partial charge in [-0.25, -0.2) is 9.37 Å². The largest absolute Gasteiger partial charge is 0.340 e. The summed E-state index contributed by atoms with van der Waals surface area (Å²) < 4.78 is 18.1. The van der Waals surface area contributed by atoms with Gasteiger partial charge in [-0.1, -0.05) is 25.5 Å². The van der Waals surface area contributed by atoms with Crippen LogP contribution in [-0.4, -0.2) is 14.1 Å². The summed E-state index contributed by atoms with van der Waals surface area (Å²) in [6.07, 6.45) is 7.58. The third-order valence-electron chi connectivity index (χ3n) is 4.95. The lowest BCUT2D eigenvalue weighted by atomic mass is 10.1. The van der Waals surface area contributed by atoms with Crippen molar-refractivity contribution >= 4 is 10.9 Å². The van der Waals surface area contributed by atoms with E-state index in [0.717, 1.165) is 36.0 Å². The van der Waals surface area contributed by atoms with Gasteiger partial charge in [0.1, 0.15) is 5.82 Å². The highest BCUT2D eigenvalue weighted by Gasteiger charge is 2.14. The highest BCUT2D eigenvalue weighted by molar-refractivity contribution is 5.85. The molecule has 3 nitrogen and oxygen atoms in total. The van der Waals surface area contributed by atoms with Crippen molar-refractivity contribution in [3.05, 3.63) is 83.8 Å². The van der Waals surface area contributed by atoms with E-state index in [9.17, 15) is 4.39 Å². The number of halogens is 1. The number of imidazole rings is 1. The van der Waals surface area contributed by atoms with E-state index in [0.29, 0.717) is 0 Å². The predicted octanol–water partition coefficient (Wildman–Crippen LogP) is 5.28. The minimum atomic E-state index is -0.178. The molecule has 2 aromatic carbocycles. The van der Waals surface area contributed by atoms with Gasteiger partial charge in [0.15, 0.2) is 0 Å². The summed E-state index contributed by atoms with van der Waals surface area (Å²) in [5, 5.41) is 1.01. The quantitative estimate of drug-likeness (QED) is 0.482. The Bertz CT molecular complexity index is 1040. The topological polar surface area (TPSA) is 22.8 Å². The van der Waals surface area contributed by atoms with Crippen LogP contribution in [0.5, 0.6) is 0 Å². The lowest BCUT2D eigenvalue weighted by Gasteiger charge is -2.13. The van der Waals surface area contributed by atoms with Gasteiger partial charge in [-0.05, 0) is 54.8 Å². The summed E-state index contributed by atoms with van der Waals surface area (Å²) in [7, 11) is 0. The first-order chi connectivity index (χ1) is 12.7. The summed E-state index contributed by atoms with van der Waals surface area (Å²) in [6.45, 7) is 5.06. The molecule has 0 fully saturated rings. The molecule has 4 aromatic rings. The smallest absolute Gasteiger partial charge is 0.123 e. The Balaban J connectivity index is 1.80. The van der Waals surface area contributed by atoms with Crippen molar-refractivity contribution in [1.29, 1.82) is 0 Å². The average molecular weight is 347 g/mol. The van der Waals surface area contributed by atoms with E-state index in [1.54, 1.807) is 24.7 Å². The summed E-state index contributed by atoms with van der Waals surface area (Å²) in [4.78, 5) is 4.13. The Morgan fingerprint density at radius 2 is 2.00 bits per heavy atom. The number of benzene rings is 2. The van der Waals surface area contributed by atoms with Crippen LogP contribution in [0.25, 0.3) is 16.6 Å². The minimum absolute atomic E-state index is 0.178. The van der Waals surface area contributed by atoms with Gasteiger partial charge in [0.25, 0.3) is 0 Å². The summed E-state index contributed by atoms with van der Waals surface area (Å²) >= 11 is 0. The molecule has 2 aromatic heterocycles. The fourth-order valence-electron chi connectivity index (χ4n) is 3.70. The van der Waals surface area contributed by atoms with Gasteiger partial charge in [0, 0.05) is 41.2 Å². The molecule has 0 aliphatic carbocycles. The molecule has 0 atom stereocenters. The lowest BCUT2D eigenvalue weighted by molar-refractivity contribution is 0.629. The second-order valence-electron chi connectivity index (χ2n) is 6.71. The van der Waals surface area contributed by atoms with Gasteiger partial charge < -0.3 is 9.13 Å². The Morgan fingerprint density at radius 3 is 2.77 bits per heavy atom. The monoisotopic (exact) mass is 347 g/mol. The standard InChI is InChI=1S/C22H22FN3/c1-3-5-21-16(2)20-13-18(23)8-9-22(20)26(21)14-17-6-4-7-19(12-17)25-11-10-24-15-25/h4,6-13,15H,3,5,14H2,1-2H3. The van der Waals surface area contributed by atoms with Gasteiger partial charge in [-0.15, -0.1) is 0 Å². The van der Waals surface area contributed by atoms with Crippen molar-refractivity contribution in [3.8, 4) is 5.69 Å². The molecule has 26 heavy (non-hydrogen) atoms. The third kappa shape index (κ3) is 2.92. The van der Waals surface area contributed by atoms with Crippen LogP contribution in [0.1, 0.15) is 30.2 Å². The van der Waals surface area contributed by atoms with Crippen LogP contribution in [0.2, 0.25) is 0 Å². The fourth-order valence-corrected chi connectivity index (χ4v) is 3.70. The second kappa shape index (κ2) is 6.79. The van der Waals surface area contributed by atoms with E-state index in [-0.39, 0.29) is 5.82 Å². The third-order valence-corrected chi connectivity index (χ3v) is 4.95. The SMILES string of the molecule is CCCc1c(C)c2cc(F)ccc2n1Cc1cccc(-n2ccnc2)c1. The van der Waals surface area contributed by atoms with Crippen molar-refractivity contribution in [2.75, 3.05) is 0 Å². The van der Waals surface area contributed by atoms with Crippen LogP contribution < -0.4 is 0 Å². The maximum Gasteiger partial charge on any atom is 0.123 e. The second-order valence-corrected chi connectivity index (χ2v) is 6.71. The number of aryl methyl sites for hydroxylation is 1. The van der Waals surface area contributed by atoms with E-state index in [1.807, 2.05) is 16.8 Å². The van der Waals surface area contributed by atoms with E-state index < -0.39 is 0 Å². The molecule has 2 heterocycles. The summed E-state index contributed by atoms with van der Waals surface area (Å²) in [5.74, 6) is -0.178. The molecule has 0 N–H and O–H groups in total. The number of nitrogens with zero attached hydrogens (tertiary/aromatic N) is 3. The van der Waals surface area contributed by atoms with E-state index in [4.69, 9.17) is 0 Å². The molecular formula is C22H22FN3. The molecule has 0 aliphatic heterocycles. The van der Waals surface area contributed by atoms with Gasteiger partial charge in [0.05, 0.1) is 6.33 Å². The Kier molecular flexibility index (Phi) is 4.33. The van der Waals surface area contributed by atoms with Gasteiger partial charge in [-0.2, -0.15) is 0 Å². The number of rotatable bonds is 5. The van der Waals surface area contributed by atoms with Crippen LogP contribution in [0.3, 0.4) is 0 Å². The fraction of sp³-hybridized carbons (Fsp3) is 0.227. The predicted molar refractivity (Wildman–Crippen MR) is 103 cm³/mol. The van der Waals surface area contributed by atoms with Gasteiger partial charge in [-0.3, -0.25) is 0 Å². The number of hydrogen-bond donors (Lipinski definition) is 0. The summed E-state index contributed by atoms with van der Waals surface area (Å²) in [5.41, 5.74) is 5.89. The van der Waals surface area contributed by atoms with Crippen molar-refractivity contribution in [3.63, 3.8) is 0 Å². The minimum Gasteiger partial charge on any atom is -0.340 e. The van der Waals surface area contributed by atoms with Crippen molar-refractivity contribution in [2.45, 2.75) is 33.2 Å². The molecule has 4 rings (SSSR count). The average Bonchev–Trinajstić information content (AvgIpc) is 3.26. The molecule has 0 radical (unpaired) electrons. The molecule has 0 unspecified atom stereocenters. The van der Waals surface area contributed by atoms with Crippen LogP contribution in [0, 0.1) is 12.7 Å². The van der Waals surface area contributed by atoms with Gasteiger partial charge >= 0.3 is 0 Å². The maximum absolute atomic E-state index is 13.8. The van der Waals surface area contributed by atoms with Crippen molar-refractivity contribution < 1.29 is 4.39 Å². The zero-order valence-corrected chi connectivity index (χ0v) is 15.1. The van der Waals surface area contributed by atoms with Crippen LogP contribution >= 0.6 is 0 Å². The Hall–Kier alpha value is -2.88. The van der Waals surface area contributed by atoms with Crippen molar-refractivity contribution in [1.82, 2.24) is 14.1 Å². The molecule has 0 saturated heterocycles. The first-order valence-corrected chi connectivity index (χ1v) is 9.02. The zero-order chi connectivity index (χ0) is 18.1. The number of fused-ring (bicyclic) bond motifs is 1. The first kappa shape index (κ1) is 16.6. The molecular weight excluding hydrogens is 325 g/mol. The molecule has 0 bridgehead atoms. The normalized spacial score (nSPS) is 11.3. The first-order valence-electron chi connectivity index (χ1n) is 9.02. The zero-order valence-electron chi connectivity index (χ0n) is 15.1. The van der Waals surface area contributed by atoms with Crippen LogP contribution in [0.15, 0.2) is 61.2 Å². The molecule has 0 aliphatic rings. The van der Waals surface area contributed by atoms with Gasteiger partial charge in [0.2, 0.25) is 0 Å². The number of hydrogen-bond acceptors (Lipinski definition) is 1. The molecule has 132 valence electrons.